The molecule has 0 aromatic carbocycles. The Morgan fingerprint density at radius 1 is 1.43 bits per heavy atom. The summed E-state index contributed by atoms with van der Waals surface area (Å²) in [6.45, 7) is 8.95. The minimum atomic E-state index is 0.256. The second kappa shape index (κ2) is 5.13. The molecular weight excluding hydrogens is 172 g/mol. The lowest BCUT2D eigenvalue weighted by Crippen LogP contribution is -2.53. The van der Waals surface area contributed by atoms with Gasteiger partial charge in [-0.2, -0.15) is 0 Å². The monoisotopic (exact) mass is 198 g/mol. The lowest BCUT2D eigenvalue weighted by molar-refractivity contribution is 0.0848. The largest absolute Gasteiger partial charge is 0.329 e. The zero-order chi connectivity index (χ0) is 10.6. The molecule has 0 bridgehead atoms. The van der Waals surface area contributed by atoms with Crippen LogP contribution >= 0.6 is 0 Å². The molecule has 0 saturated carbocycles. The Labute approximate surface area is 88.8 Å². The summed E-state index contributed by atoms with van der Waals surface area (Å²) in [4.78, 5) is 2.66. The molecule has 0 amide bonds. The molecule has 0 aromatic heterocycles. The summed E-state index contributed by atoms with van der Waals surface area (Å²) in [5.41, 5.74) is 6.20. The number of likely N-dealkylation sites (tertiary alicyclic amines) is 1. The van der Waals surface area contributed by atoms with Gasteiger partial charge in [0.25, 0.3) is 0 Å². The highest BCUT2D eigenvalue weighted by molar-refractivity contribution is 4.93. The van der Waals surface area contributed by atoms with Crippen LogP contribution in [0.2, 0.25) is 0 Å². The van der Waals surface area contributed by atoms with E-state index in [9.17, 15) is 0 Å². The third-order valence-corrected chi connectivity index (χ3v) is 3.77. The van der Waals surface area contributed by atoms with Crippen LogP contribution in [0.4, 0.5) is 0 Å². The summed E-state index contributed by atoms with van der Waals surface area (Å²) in [5.74, 6) is 0. The Bertz CT molecular complexity index is 170. The quantitative estimate of drug-likeness (QED) is 0.735. The van der Waals surface area contributed by atoms with E-state index >= 15 is 0 Å². The van der Waals surface area contributed by atoms with Crippen LogP contribution in [0, 0.1) is 0 Å². The van der Waals surface area contributed by atoms with Crippen LogP contribution < -0.4 is 5.73 Å². The minimum absolute atomic E-state index is 0.256. The van der Waals surface area contributed by atoms with Crippen LogP contribution in [0.1, 0.15) is 52.9 Å². The highest BCUT2D eigenvalue weighted by atomic mass is 15.2. The van der Waals surface area contributed by atoms with Crippen molar-refractivity contribution in [1.82, 2.24) is 4.90 Å². The van der Waals surface area contributed by atoms with Gasteiger partial charge in [0.15, 0.2) is 0 Å². The van der Waals surface area contributed by atoms with Crippen molar-refractivity contribution >= 4 is 0 Å². The van der Waals surface area contributed by atoms with E-state index in [1.807, 2.05) is 0 Å². The Balaban J connectivity index is 2.66. The van der Waals surface area contributed by atoms with Gasteiger partial charge in [0, 0.05) is 18.1 Å². The predicted molar refractivity (Wildman–Crippen MR) is 62.4 cm³/mol. The van der Waals surface area contributed by atoms with Crippen LogP contribution in [0.5, 0.6) is 0 Å². The first kappa shape index (κ1) is 12.0. The van der Waals surface area contributed by atoms with Crippen molar-refractivity contribution < 1.29 is 0 Å². The lowest BCUT2D eigenvalue weighted by atomic mass is 9.92. The molecule has 2 N–H and O–H groups in total. The Hall–Kier alpha value is -0.0800. The van der Waals surface area contributed by atoms with Crippen molar-refractivity contribution in [3.8, 4) is 0 Å². The van der Waals surface area contributed by atoms with E-state index in [1.54, 1.807) is 0 Å². The van der Waals surface area contributed by atoms with Gasteiger partial charge in [-0.15, -0.1) is 0 Å². The van der Waals surface area contributed by atoms with Gasteiger partial charge in [0.1, 0.15) is 0 Å². The molecule has 1 fully saturated rings. The third-order valence-electron chi connectivity index (χ3n) is 3.77. The highest BCUT2D eigenvalue weighted by Gasteiger charge is 2.36. The topological polar surface area (TPSA) is 29.3 Å². The maximum absolute atomic E-state index is 5.95. The molecule has 1 aliphatic rings. The average Bonchev–Trinajstić information content (AvgIpc) is 2.66. The van der Waals surface area contributed by atoms with Crippen LogP contribution in [-0.4, -0.2) is 29.6 Å². The molecule has 0 radical (unpaired) electrons. The summed E-state index contributed by atoms with van der Waals surface area (Å²) in [6.07, 6.45) is 6.48. The van der Waals surface area contributed by atoms with Crippen molar-refractivity contribution in [2.75, 3.05) is 13.1 Å². The molecular formula is C12H26N2. The standard InChI is InChI=1S/C12H26N2/c1-4-8-12(3,10-13)14-9-6-7-11(14)5-2/h11H,4-10,13H2,1-3H3. The third kappa shape index (κ3) is 2.29. The van der Waals surface area contributed by atoms with E-state index in [0.717, 1.165) is 12.6 Å². The fraction of sp³-hybridized carbons (Fsp3) is 1.00. The molecule has 1 rings (SSSR count). The molecule has 14 heavy (non-hydrogen) atoms. The smallest absolute Gasteiger partial charge is 0.0306 e. The van der Waals surface area contributed by atoms with Crippen molar-refractivity contribution in [2.45, 2.75) is 64.5 Å². The zero-order valence-corrected chi connectivity index (χ0v) is 10.1. The van der Waals surface area contributed by atoms with Crippen molar-refractivity contribution in [3.05, 3.63) is 0 Å². The normalized spacial score (nSPS) is 27.9. The number of hydrogen-bond donors (Lipinski definition) is 1. The first-order valence-corrected chi connectivity index (χ1v) is 6.14. The average molecular weight is 198 g/mol. The van der Waals surface area contributed by atoms with E-state index in [4.69, 9.17) is 5.73 Å². The van der Waals surface area contributed by atoms with Crippen LogP contribution in [0.25, 0.3) is 0 Å². The number of hydrogen-bond acceptors (Lipinski definition) is 2. The van der Waals surface area contributed by atoms with Crippen molar-refractivity contribution in [1.29, 1.82) is 0 Å². The lowest BCUT2D eigenvalue weighted by Gasteiger charge is -2.41. The van der Waals surface area contributed by atoms with E-state index in [0.29, 0.717) is 0 Å². The van der Waals surface area contributed by atoms with Gasteiger partial charge in [0.05, 0.1) is 0 Å². The Kier molecular flexibility index (Phi) is 4.39. The highest BCUT2D eigenvalue weighted by Crippen LogP contribution is 2.30. The summed E-state index contributed by atoms with van der Waals surface area (Å²) >= 11 is 0. The first-order chi connectivity index (χ1) is 6.68. The molecule has 84 valence electrons. The van der Waals surface area contributed by atoms with Crippen LogP contribution in [0.3, 0.4) is 0 Å². The van der Waals surface area contributed by atoms with Gasteiger partial charge in [-0.25, -0.2) is 0 Å². The minimum Gasteiger partial charge on any atom is -0.329 e. The van der Waals surface area contributed by atoms with Crippen LogP contribution in [-0.2, 0) is 0 Å². The van der Waals surface area contributed by atoms with Gasteiger partial charge in [-0.1, -0.05) is 20.3 Å². The molecule has 0 spiro atoms. The molecule has 2 nitrogen and oxygen atoms in total. The van der Waals surface area contributed by atoms with Gasteiger partial charge in [0.2, 0.25) is 0 Å². The molecule has 2 heteroatoms. The second-order valence-corrected chi connectivity index (χ2v) is 4.85. The summed E-state index contributed by atoms with van der Waals surface area (Å²) < 4.78 is 0. The van der Waals surface area contributed by atoms with E-state index in [-0.39, 0.29) is 5.54 Å². The van der Waals surface area contributed by atoms with E-state index < -0.39 is 0 Å². The Morgan fingerprint density at radius 3 is 2.64 bits per heavy atom. The van der Waals surface area contributed by atoms with Gasteiger partial charge in [-0.05, 0) is 39.2 Å². The summed E-state index contributed by atoms with van der Waals surface area (Å²) in [5, 5.41) is 0. The van der Waals surface area contributed by atoms with E-state index in [2.05, 4.69) is 25.7 Å². The van der Waals surface area contributed by atoms with Gasteiger partial charge < -0.3 is 5.73 Å². The molecule has 0 aliphatic carbocycles. The summed E-state index contributed by atoms with van der Waals surface area (Å²) in [6, 6.07) is 0.787. The molecule has 1 saturated heterocycles. The number of nitrogens with two attached hydrogens (primary N) is 1. The first-order valence-electron chi connectivity index (χ1n) is 6.14. The molecule has 2 atom stereocenters. The predicted octanol–water partition coefficient (Wildman–Crippen LogP) is 2.38. The van der Waals surface area contributed by atoms with Crippen LogP contribution in [0.15, 0.2) is 0 Å². The Morgan fingerprint density at radius 2 is 2.14 bits per heavy atom. The maximum atomic E-state index is 5.95. The van der Waals surface area contributed by atoms with Crippen molar-refractivity contribution in [2.24, 2.45) is 5.73 Å². The molecule has 0 aromatic rings. The second-order valence-electron chi connectivity index (χ2n) is 4.85. The molecule has 1 aliphatic heterocycles. The number of nitrogens with zero attached hydrogens (tertiary/aromatic N) is 1. The number of rotatable bonds is 5. The maximum Gasteiger partial charge on any atom is 0.0306 e. The summed E-state index contributed by atoms with van der Waals surface area (Å²) in [7, 11) is 0. The molecule has 1 heterocycles. The molecule has 2 unspecified atom stereocenters. The fourth-order valence-electron chi connectivity index (χ4n) is 2.87. The van der Waals surface area contributed by atoms with Crippen molar-refractivity contribution in [3.63, 3.8) is 0 Å². The fourth-order valence-corrected chi connectivity index (χ4v) is 2.87. The zero-order valence-electron chi connectivity index (χ0n) is 10.1. The SMILES string of the molecule is CCCC(C)(CN)N1CCCC1CC. The van der Waals surface area contributed by atoms with Gasteiger partial charge in [-0.3, -0.25) is 4.90 Å². The van der Waals surface area contributed by atoms with Gasteiger partial charge >= 0.3 is 0 Å². The van der Waals surface area contributed by atoms with E-state index in [1.165, 1.54) is 38.6 Å².